The molecule has 0 aliphatic rings. The zero-order valence-corrected chi connectivity index (χ0v) is 8.99. The molecule has 0 spiro atoms. The Labute approximate surface area is 88.5 Å². The van der Waals surface area contributed by atoms with E-state index < -0.39 is 23.5 Å². The number of aliphatic carboxylic acids is 1. The molecule has 5 N–H and O–H groups in total. The van der Waals surface area contributed by atoms with Crippen molar-refractivity contribution >= 4 is 11.9 Å². The van der Waals surface area contributed by atoms with E-state index in [1.807, 2.05) is 0 Å². The first kappa shape index (κ1) is 13.9. The SMILES string of the molecule is CCC(C)(N)C(=O)NC(CCO)C(=O)O. The number of nitrogens with two attached hydrogens (primary N) is 1. The minimum Gasteiger partial charge on any atom is -0.480 e. The third-order valence-electron chi connectivity index (χ3n) is 2.27. The maximum absolute atomic E-state index is 11.5. The van der Waals surface area contributed by atoms with Crippen LogP contribution in [0.4, 0.5) is 0 Å². The molecule has 2 unspecified atom stereocenters. The van der Waals surface area contributed by atoms with E-state index in [2.05, 4.69) is 5.32 Å². The molecule has 0 aromatic rings. The van der Waals surface area contributed by atoms with E-state index >= 15 is 0 Å². The second-order valence-corrected chi connectivity index (χ2v) is 3.65. The number of carbonyl (C=O) groups excluding carboxylic acids is 1. The molecular formula is C9H18N2O4. The summed E-state index contributed by atoms with van der Waals surface area (Å²) in [5.41, 5.74) is 4.56. The Kier molecular flexibility index (Phi) is 5.24. The number of nitrogens with one attached hydrogen (secondary N) is 1. The number of amides is 1. The van der Waals surface area contributed by atoms with Gasteiger partial charge in [-0.1, -0.05) is 6.92 Å². The predicted octanol–water partition coefficient (Wildman–Crippen LogP) is -0.934. The molecule has 0 aliphatic heterocycles. The van der Waals surface area contributed by atoms with Gasteiger partial charge in [-0.25, -0.2) is 4.79 Å². The average molecular weight is 218 g/mol. The number of aliphatic hydroxyl groups excluding tert-OH is 1. The van der Waals surface area contributed by atoms with Crippen LogP contribution < -0.4 is 11.1 Å². The average Bonchev–Trinajstić information content (AvgIpc) is 2.16. The van der Waals surface area contributed by atoms with Crippen LogP contribution in [0.25, 0.3) is 0 Å². The summed E-state index contributed by atoms with van der Waals surface area (Å²) in [6.07, 6.45) is 0.380. The minimum atomic E-state index is -1.18. The maximum Gasteiger partial charge on any atom is 0.326 e. The summed E-state index contributed by atoms with van der Waals surface area (Å²) < 4.78 is 0. The van der Waals surface area contributed by atoms with Crippen LogP contribution >= 0.6 is 0 Å². The highest BCUT2D eigenvalue weighted by atomic mass is 16.4. The number of aliphatic hydroxyl groups is 1. The lowest BCUT2D eigenvalue weighted by atomic mass is 9.99. The lowest BCUT2D eigenvalue weighted by Gasteiger charge is -2.24. The molecule has 0 aromatic carbocycles. The Bertz CT molecular complexity index is 240. The summed E-state index contributed by atoms with van der Waals surface area (Å²) >= 11 is 0. The summed E-state index contributed by atoms with van der Waals surface area (Å²) in [5.74, 6) is -1.70. The Morgan fingerprint density at radius 3 is 2.40 bits per heavy atom. The molecule has 0 bridgehead atoms. The van der Waals surface area contributed by atoms with Crippen LogP contribution in [0, 0.1) is 0 Å². The molecule has 2 atom stereocenters. The van der Waals surface area contributed by atoms with E-state index in [1.165, 1.54) is 6.92 Å². The fourth-order valence-corrected chi connectivity index (χ4v) is 0.870. The zero-order chi connectivity index (χ0) is 12.1. The summed E-state index contributed by atoms with van der Waals surface area (Å²) in [6, 6.07) is -1.09. The van der Waals surface area contributed by atoms with Gasteiger partial charge < -0.3 is 21.3 Å². The van der Waals surface area contributed by atoms with Gasteiger partial charge in [0.05, 0.1) is 5.54 Å². The molecule has 88 valence electrons. The fourth-order valence-electron chi connectivity index (χ4n) is 0.870. The Hall–Kier alpha value is -1.14. The van der Waals surface area contributed by atoms with Crippen molar-refractivity contribution in [1.29, 1.82) is 0 Å². The van der Waals surface area contributed by atoms with Crippen molar-refractivity contribution in [2.24, 2.45) is 5.73 Å². The lowest BCUT2D eigenvalue weighted by molar-refractivity contribution is -0.143. The van der Waals surface area contributed by atoms with Gasteiger partial charge in [0.15, 0.2) is 0 Å². The number of carboxylic acids is 1. The topological polar surface area (TPSA) is 113 Å². The predicted molar refractivity (Wildman–Crippen MR) is 54.2 cm³/mol. The normalized spacial score (nSPS) is 16.5. The second-order valence-electron chi connectivity index (χ2n) is 3.65. The maximum atomic E-state index is 11.5. The first-order valence-electron chi connectivity index (χ1n) is 4.78. The first-order chi connectivity index (χ1) is 6.85. The third kappa shape index (κ3) is 4.26. The van der Waals surface area contributed by atoms with Gasteiger partial charge in [0.2, 0.25) is 5.91 Å². The Morgan fingerprint density at radius 1 is 1.53 bits per heavy atom. The molecule has 0 aromatic heterocycles. The Morgan fingerprint density at radius 2 is 2.07 bits per heavy atom. The lowest BCUT2D eigenvalue weighted by Crippen LogP contribution is -2.55. The van der Waals surface area contributed by atoms with E-state index in [1.54, 1.807) is 6.92 Å². The molecule has 6 nitrogen and oxygen atoms in total. The van der Waals surface area contributed by atoms with Gasteiger partial charge in [-0.3, -0.25) is 4.79 Å². The molecule has 0 saturated carbocycles. The second kappa shape index (κ2) is 5.67. The van der Waals surface area contributed by atoms with Gasteiger partial charge in [0.1, 0.15) is 6.04 Å². The number of carbonyl (C=O) groups is 2. The van der Waals surface area contributed by atoms with Crippen LogP contribution in [0.15, 0.2) is 0 Å². The highest BCUT2D eigenvalue weighted by Gasteiger charge is 2.29. The number of hydrogen-bond donors (Lipinski definition) is 4. The van der Waals surface area contributed by atoms with Gasteiger partial charge >= 0.3 is 5.97 Å². The van der Waals surface area contributed by atoms with E-state index in [9.17, 15) is 9.59 Å². The summed E-state index contributed by atoms with van der Waals surface area (Å²) in [6.45, 7) is 2.96. The molecule has 15 heavy (non-hydrogen) atoms. The van der Waals surface area contributed by atoms with Gasteiger partial charge in [-0.15, -0.1) is 0 Å². The molecule has 0 aliphatic carbocycles. The van der Waals surface area contributed by atoms with Crippen molar-refractivity contribution in [3.8, 4) is 0 Å². The molecule has 0 heterocycles. The summed E-state index contributed by atoms with van der Waals surface area (Å²) in [5, 5.41) is 19.6. The summed E-state index contributed by atoms with van der Waals surface area (Å²) in [4.78, 5) is 22.2. The van der Waals surface area contributed by atoms with Crippen LogP contribution in [-0.2, 0) is 9.59 Å². The first-order valence-corrected chi connectivity index (χ1v) is 4.78. The van der Waals surface area contributed by atoms with E-state index in [4.69, 9.17) is 15.9 Å². The van der Waals surface area contributed by atoms with Crippen LogP contribution in [0.3, 0.4) is 0 Å². The standard InChI is InChI=1S/C9H18N2O4/c1-3-9(2,10)8(15)11-6(4-5-12)7(13)14/h6,12H,3-5,10H2,1-2H3,(H,11,15)(H,13,14). The highest BCUT2D eigenvalue weighted by molar-refractivity contribution is 5.89. The van der Waals surface area contributed by atoms with Gasteiger partial charge in [-0.2, -0.15) is 0 Å². The van der Waals surface area contributed by atoms with E-state index in [0.717, 1.165) is 0 Å². The smallest absolute Gasteiger partial charge is 0.326 e. The Balaban J connectivity index is 4.41. The number of hydrogen-bond acceptors (Lipinski definition) is 4. The monoisotopic (exact) mass is 218 g/mol. The van der Waals surface area contributed by atoms with Crippen molar-refractivity contribution in [1.82, 2.24) is 5.32 Å². The van der Waals surface area contributed by atoms with Crippen molar-refractivity contribution in [3.05, 3.63) is 0 Å². The minimum absolute atomic E-state index is 0.0269. The van der Waals surface area contributed by atoms with E-state index in [0.29, 0.717) is 6.42 Å². The molecule has 0 fully saturated rings. The molecule has 6 heteroatoms. The van der Waals surface area contributed by atoms with Gasteiger partial charge in [0.25, 0.3) is 0 Å². The van der Waals surface area contributed by atoms with Crippen LogP contribution in [-0.4, -0.2) is 40.3 Å². The van der Waals surface area contributed by atoms with Crippen LogP contribution in [0.2, 0.25) is 0 Å². The van der Waals surface area contributed by atoms with Gasteiger partial charge in [-0.05, 0) is 13.3 Å². The molecule has 0 radical (unpaired) electrons. The third-order valence-corrected chi connectivity index (χ3v) is 2.27. The van der Waals surface area contributed by atoms with Crippen molar-refractivity contribution < 1.29 is 19.8 Å². The quantitative estimate of drug-likeness (QED) is 0.460. The highest BCUT2D eigenvalue weighted by Crippen LogP contribution is 2.05. The largest absolute Gasteiger partial charge is 0.480 e. The molecule has 0 saturated heterocycles. The molecular weight excluding hydrogens is 200 g/mol. The zero-order valence-electron chi connectivity index (χ0n) is 8.99. The molecule has 1 amide bonds. The summed E-state index contributed by atoms with van der Waals surface area (Å²) in [7, 11) is 0. The van der Waals surface area contributed by atoms with E-state index in [-0.39, 0.29) is 13.0 Å². The number of carboxylic acid groups (broad SMARTS) is 1. The molecule has 0 rings (SSSR count). The van der Waals surface area contributed by atoms with Gasteiger partial charge in [0, 0.05) is 13.0 Å². The van der Waals surface area contributed by atoms with Crippen LogP contribution in [0.5, 0.6) is 0 Å². The van der Waals surface area contributed by atoms with Crippen molar-refractivity contribution in [2.75, 3.05) is 6.61 Å². The van der Waals surface area contributed by atoms with Crippen LogP contribution in [0.1, 0.15) is 26.7 Å². The van der Waals surface area contributed by atoms with Crippen molar-refractivity contribution in [3.63, 3.8) is 0 Å². The van der Waals surface area contributed by atoms with Crippen molar-refractivity contribution in [2.45, 2.75) is 38.3 Å². The fraction of sp³-hybridized carbons (Fsp3) is 0.778. The number of rotatable bonds is 6.